The van der Waals surface area contributed by atoms with Gasteiger partial charge in [-0.05, 0) is 18.8 Å². The molecule has 0 spiro atoms. The second-order valence-corrected chi connectivity index (χ2v) is 4.91. The van der Waals surface area contributed by atoms with E-state index < -0.39 is 0 Å². The Morgan fingerprint density at radius 3 is 2.53 bits per heavy atom. The van der Waals surface area contributed by atoms with E-state index in [0.717, 1.165) is 0 Å². The first-order chi connectivity index (χ1) is 7.18. The van der Waals surface area contributed by atoms with E-state index in [1.54, 1.807) is 0 Å². The standard InChI is InChI=1S/C12H21N3/c1-8(2)10-11(15-12(13)14-10)9-6-4-3-5-7-9/h8-9H,3-7H2,1-2H3,(H3,13,14,15). The number of aromatic nitrogens is 2. The summed E-state index contributed by atoms with van der Waals surface area (Å²) in [5.41, 5.74) is 8.24. The summed E-state index contributed by atoms with van der Waals surface area (Å²) >= 11 is 0. The van der Waals surface area contributed by atoms with Crippen LogP contribution in [0.3, 0.4) is 0 Å². The first-order valence-electron chi connectivity index (χ1n) is 6.03. The molecule has 3 heteroatoms. The lowest BCUT2D eigenvalue weighted by Crippen LogP contribution is -2.08. The fourth-order valence-electron chi connectivity index (χ4n) is 2.56. The van der Waals surface area contributed by atoms with Gasteiger partial charge in [-0.3, -0.25) is 0 Å². The van der Waals surface area contributed by atoms with Gasteiger partial charge in [0.2, 0.25) is 0 Å². The van der Waals surface area contributed by atoms with Crippen LogP contribution in [0.25, 0.3) is 0 Å². The summed E-state index contributed by atoms with van der Waals surface area (Å²) in [6.07, 6.45) is 6.67. The molecule has 3 nitrogen and oxygen atoms in total. The van der Waals surface area contributed by atoms with Crippen LogP contribution in [-0.2, 0) is 0 Å². The second kappa shape index (κ2) is 4.25. The fourth-order valence-corrected chi connectivity index (χ4v) is 2.56. The molecular weight excluding hydrogens is 186 g/mol. The number of nitrogens with zero attached hydrogens (tertiary/aromatic N) is 1. The zero-order valence-corrected chi connectivity index (χ0v) is 9.71. The molecule has 0 saturated heterocycles. The van der Waals surface area contributed by atoms with E-state index in [2.05, 4.69) is 23.8 Å². The monoisotopic (exact) mass is 207 g/mol. The van der Waals surface area contributed by atoms with Crippen molar-refractivity contribution >= 4 is 5.95 Å². The molecule has 0 aliphatic heterocycles. The van der Waals surface area contributed by atoms with Gasteiger partial charge in [-0.1, -0.05) is 33.1 Å². The van der Waals surface area contributed by atoms with Crippen molar-refractivity contribution < 1.29 is 0 Å². The lowest BCUT2D eigenvalue weighted by atomic mass is 9.85. The molecule has 1 aliphatic rings. The van der Waals surface area contributed by atoms with Gasteiger partial charge in [-0.15, -0.1) is 0 Å². The molecule has 0 atom stereocenters. The van der Waals surface area contributed by atoms with E-state index >= 15 is 0 Å². The van der Waals surface area contributed by atoms with Gasteiger partial charge in [0.05, 0.1) is 5.69 Å². The number of hydrogen-bond acceptors (Lipinski definition) is 2. The van der Waals surface area contributed by atoms with Crippen molar-refractivity contribution in [3.63, 3.8) is 0 Å². The third-order valence-electron chi connectivity index (χ3n) is 3.34. The van der Waals surface area contributed by atoms with Crippen molar-refractivity contribution in [3.8, 4) is 0 Å². The predicted molar refractivity (Wildman–Crippen MR) is 62.9 cm³/mol. The van der Waals surface area contributed by atoms with Gasteiger partial charge in [0, 0.05) is 11.6 Å². The molecule has 3 N–H and O–H groups in total. The van der Waals surface area contributed by atoms with Crippen molar-refractivity contribution in [2.45, 2.75) is 57.8 Å². The summed E-state index contributed by atoms with van der Waals surface area (Å²) < 4.78 is 0. The summed E-state index contributed by atoms with van der Waals surface area (Å²) in [5, 5.41) is 0. The average molecular weight is 207 g/mol. The highest BCUT2D eigenvalue weighted by Gasteiger charge is 2.22. The molecule has 1 fully saturated rings. The highest BCUT2D eigenvalue weighted by atomic mass is 15.0. The Bertz CT molecular complexity index is 322. The molecule has 1 aromatic heterocycles. The van der Waals surface area contributed by atoms with Crippen LogP contribution in [0.4, 0.5) is 5.95 Å². The largest absolute Gasteiger partial charge is 0.369 e. The van der Waals surface area contributed by atoms with Crippen molar-refractivity contribution in [1.29, 1.82) is 0 Å². The normalized spacial score (nSPS) is 18.6. The van der Waals surface area contributed by atoms with E-state index in [1.807, 2.05) is 0 Å². The Morgan fingerprint density at radius 1 is 1.27 bits per heavy atom. The molecule has 84 valence electrons. The molecule has 0 radical (unpaired) electrons. The van der Waals surface area contributed by atoms with E-state index in [1.165, 1.54) is 43.5 Å². The lowest BCUT2D eigenvalue weighted by molar-refractivity contribution is 0.434. The van der Waals surface area contributed by atoms with E-state index in [-0.39, 0.29) is 0 Å². The number of nitrogens with one attached hydrogen (secondary N) is 1. The third kappa shape index (κ3) is 2.16. The van der Waals surface area contributed by atoms with E-state index in [0.29, 0.717) is 17.8 Å². The fraction of sp³-hybridized carbons (Fsp3) is 0.750. The number of H-pyrrole nitrogens is 1. The van der Waals surface area contributed by atoms with Crippen LogP contribution >= 0.6 is 0 Å². The SMILES string of the molecule is CC(C)c1nc(N)[nH]c1C1CCCCC1. The molecule has 0 amide bonds. The van der Waals surface area contributed by atoms with Gasteiger partial charge >= 0.3 is 0 Å². The van der Waals surface area contributed by atoms with Gasteiger partial charge in [0.1, 0.15) is 0 Å². The first-order valence-corrected chi connectivity index (χ1v) is 6.03. The van der Waals surface area contributed by atoms with Crippen molar-refractivity contribution in [2.24, 2.45) is 0 Å². The molecule has 0 bridgehead atoms. The van der Waals surface area contributed by atoms with Crippen LogP contribution in [0.2, 0.25) is 0 Å². The quantitative estimate of drug-likeness (QED) is 0.782. The van der Waals surface area contributed by atoms with Crippen molar-refractivity contribution in [3.05, 3.63) is 11.4 Å². The van der Waals surface area contributed by atoms with Gasteiger partial charge in [-0.25, -0.2) is 4.98 Å². The Labute approximate surface area is 91.5 Å². The Hall–Kier alpha value is -0.990. The minimum absolute atomic E-state index is 0.468. The number of anilines is 1. The number of aromatic amines is 1. The van der Waals surface area contributed by atoms with Crippen LogP contribution in [-0.4, -0.2) is 9.97 Å². The smallest absolute Gasteiger partial charge is 0.197 e. The molecule has 1 aromatic rings. The lowest BCUT2D eigenvalue weighted by Gasteiger charge is -2.22. The van der Waals surface area contributed by atoms with Crippen LogP contribution in [0.1, 0.15) is 69.2 Å². The van der Waals surface area contributed by atoms with Crippen LogP contribution < -0.4 is 5.73 Å². The van der Waals surface area contributed by atoms with Gasteiger partial charge in [0.25, 0.3) is 0 Å². The maximum Gasteiger partial charge on any atom is 0.197 e. The number of rotatable bonds is 2. The van der Waals surface area contributed by atoms with E-state index in [4.69, 9.17) is 5.73 Å². The molecule has 1 saturated carbocycles. The van der Waals surface area contributed by atoms with Gasteiger partial charge < -0.3 is 10.7 Å². The van der Waals surface area contributed by atoms with Gasteiger partial charge in [0.15, 0.2) is 5.95 Å². The summed E-state index contributed by atoms with van der Waals surface area (Å²) in [7, 11) is 0. The summed E-state index contributed by atoms with van der Waals surface area (Å²) in [4.78, 5) is 7.67. The van der Waals surface area contributed by atoms with Gasteiger partial charge in [-0.2, -0.15) is 0 Å². The highest BCUT2D eigenvalue weighted by Crippen LogP contribution is 2.35. The predicted octanol–water partition coefficient (Wildman–Crippen LogP) is 3.16. The maximum atomic E-state index is 5.76. The van der Waals surface area contributed by atoms with Crippen LogP contribution in [0, 0.1) is 0 Å². The number of imidazole rings is 1. The number of nitrogens with two attached hydrogens (primary N) is 1. The summed E-state index contributed by atoms with van der Waals surface area (Å²) in [5.74, 6) is 1.72. The third-order valence-corrected chi connectivity index (χ3v) is 3.34. The molecule has 1 heterocycles. The molecule has 0 aromatic carbocycles. The highest BCUT2D eigenvalue weighted by molar-refractivity contribution is 5.30. The minimum Gasteiger partial charge on any atom is -0.369 e. The molecule has 2 rings (SSSR count). The topological polar surface area (TPSA) is 54.7 Å². The minimum atomic E-state index is 0.468. The average Bonchev–Trinajstić information content (AvgIpc) is 2.62. The van der Waals surface area contributed by atoms with Crippen LogP contribution in [0.15, 0.2) is 0 Å². The number of nitrogen functional groups attached to an aromatic ring is 1. The zero-order chi connectivity index (χ0) is 10.8. The Morgan fingerprint density at radius 2 is 1.93 bits per heavy atom. The summed E-state index contributed by atoms with van der Waals surface area (Å²) in [6, 6.07) is 0. The van der Waals surface area contributed by atoms with Crippen molar-refractivity contribution in [1.82, 2.24) is 9.97 Å². The zero-order valence-electron chi connectivity index (χ0n) is 9.71. The van der Waals surface area contributed by atoms with Crippen LogP contribution in [0.5, 0.6) is 0 Å². The second-order valence-electron chi connectivity index (χ2n) is 4.91. The first kappa shape index (κ1) is 10.5. The molecule has 15 heavy (non-hydrogen) atoms. The maximum absolute atomic E-state index is 5.76. The Balaban J connectivity index is 2.25. The Kier molecular flexibility index (Phi) is 2.98. The molecular formula is C12H21N3. The van der Waals surface area contributed by atoms with Crippen molar-refractivity contribution in [2.75, 3.05) is 5.73 Å². The molecule has 0 unspecified atom stereocenters. The summed E-state index contributed by atoms with van der Waals surface area (Å²) in [6.45, 7) is 4.36. The number of hydrogen-bond donors (Lipinski definition) is 2. The van der Waals surface area contributed by atoms with E-state index in [9.17, 15) is 0 Å². The molecule has 1 aliphatic carbocycles.